The number of aromatic nitrogens is 2. The zero-order valence-electron chi connectivity index (χ0n) is 12.4. The Balaban J connectivity index is 1.79. The molecule has 3 nitrogen and oxygen atoms in total. The van der Waals surface area contributed by atoms with E-state index in [2.05, 4.69) is 41.5 Å². The summed E-state index contributed by atoms with van der Waals surface area (Å²) in [6, 6.07) is 8.08. The first-order valence-electron chi connectivity index (χ1n) is 6.89. The van der Waals surface area contributed by atoms with Crippen molar-refractivity contribution in [2.24, 2.45) is 4.99 Å². The third-order valence-corrected chi connectivity index (χ3v) is 4.66. The molecule has 0 saturated carbocycles. The van der Waals surface area contributed by atoms with Crippen LogP contribution in [0.1, 0.15) is 20.8 Å². The number of imidazole rings is 1. The molecule has 0 fully saturated rings. The normalized spacial score (nSPS) is 15.2. The lowest BCUT2D eigenvalue weighted by Gasteiger charge is -2.07. The van der Waals surface area contributed by atoms with Gasteiger partial charge in [0.15, 0.2) is 5.16 Å². The number of thioether (sulfide) groups is 1. The molecule has 1 N–H and O–H groups in total. The molecule has 21 heavy (non-hydrogen) atoms. The Hall–Kier alpha value is -2.03. The third kappa shape index (κ3) is 2.87. The van der Waals surface area contributed by atoms with Crippen molar-refractivity contribution < 1.29 is 0 Å². The third-order valence-electron chi connectivity index (χ3n) is 3.77. The predicted octanol–water partition coefficient (Wildman–Crippen LogP) is 4.50. The molecule has 2 aromatic rings. The van der Waals surface area contributed by atoms with E-state index < -0.39 is 0 Å². The van der Waals surface area contributed by atoms with Crippen molar-refractivity contribution in [1.82, 2.24) is 9.97 Å². The van der Waals surface area contributed by atoms with Gasteiger partial charge in [0, 0.05) is 5.75 Å². The Kier molecular flexibility index (Phi) is 3.82. The first-order chi connectivity index (χ1) is 10.1. The van der Waals surface area contributed by atoms with E-state index >= 15 is 0 Å². The van der Waals surface area contributed by atoms with Crippen LogP contribution in [0, 0.1) is 0 Å². The van der Waals surface area contributed by atoms with E-state index in [0.29, 0.717) is 0 Å². The van der Waals surface area contributed by atoms with Crippen LogP contribution in [0.2, 0.25) is 0 Å². The van der Waals surface area contributed by atoms with Gasteiger partial charge in [0.2, 0.25) is 0 Å². The second kappa shape index (κ2) is 5.76. The largest absolute Gasteiger partial charge is 0.333 e. The number of nitrogens with zero attached hydrogens (tertiary/aromatic N) is 2. The summed E-state index contributed by atoms with van der Waals surface area (Å²) in [4.78, 5) is 12.4. The zero-order valence-corrected chi connectivity index (χ0v) is 13.2. The number of aliphatic imine (C=N–C) groups is 1. The summed E-state index contributed by atoms with van der Waals surface area (Å²) in [7, 11) is 0. The van der Waals surface area contributed by atoms with Crippen molar-refractivity contribution in [2.75, 3.05) is 5.75 Å². The number of allylic oxidation sites excluding steroid dienone is 3. The van der Waals surface area contributed by atoms with Crippen molar-refractivity contribution in [3.05, 3.63) is 52.9 Å². The minimum absolute atomic E-state index is 0.800. The molecule has 1 aromatic heterocycles. The van der Waals surface area contributed by atoms with Crippen LogP contribution in [0.3, 0.4) is 0 Å². The number of H-pyrrole nitrogens is 1. The number of nitrogens with one attached hydrogen (secondary N) is 1. The summed E-state index contributed by atoms with van der Waals surface area (Å²) in [5.74, 6) is 0.800. The summed E-state index contributed by atoms with van der Waals surface area (Å²) < 4.78 is 0. The maximum absolute atomic E-state index is 4.58. The van der Waals surface area contributed by atoms with Gasteiger partial charge in [-0.25, -0.2) is 4.98 Å². The highest BCUT2D eigenvalue weighted by atomic mass is 32.2. The van der Waals surface area contributed by atoms with Crippen LogP contribution in [0.25, 0.3) is 11.0 Å². The molecule has 0 aliphatic carbocycles. The van der Waals surface area contributed by atoms with Crippen LogP contribution in [-0.4, -0.2) is 21.4 Å². The number of para-hydroxylation sites is 2. The highest BCUT2D eigenvalue weighted by Crippen LogP contribution is 2.23. The molecule has 0 unspecified atom stereocenters. The molecule has 1 aromatic carbocycles. The molecule has 0 saturated heterocycles. The maximum Gasteiger partial charge on any atom is 0.166 e. The molecule has 0 bridgehead atoms. The van der Waals surface area contributed by atoms with Crippen LogP contribution in [0.15, 0.2) is 63.1 Å². The quantitative estimate of drug-likeness (QED) is 0.669. The smallest absolute Gasteiger partial charge is 0.166 e. The van der Waals surface area contributed by atoms with Gasteiger partial charge in [-0.15, -0.1) is 0 Å². The second-order valence-corrected chi connectivity index (χ2v) is 6.04. The molecule has 0 amide bonds. The number of hydrogen-bond acceptors (Lipinski definition) is 3. The Morgan fingerprint density at radius 2 is 1.95 bits per heavy atom. The Morgan fingerprint density at radius 1 is 1.14 bits per heavy atom. The topological polar surface area (TPSA) is 41.0 Å². The Morgan fingerprint density at radius 3 is 2.76 bits per heavy atom. The van der Waals surface area contributed by atoms with Crippen LogP contribution in [0.5, 0.6) is 0 Å². The number of rotatable bonds is 3. The number of fused-ring (bicyclic) bond motifs is 1. The molecule has 0 radical (unpaired) electrons. The molecule has 1 aliphatic rings. The highest BCUT2D eigenvalue weighted by Gasteiger charge is 2.11. The van der Waals surface area contributed by atoms with Crippen LogP contribution >= 0.6 is 11.8 Å². The average molecular weight is 295 g/mol. The second-order valence-electron chi connectivity index (χ2n) is 5.07. The van der Waals surface area contributed by atoms with Crippen LogP contribution in [-0.2, 0) is 0 Å². The molecular weight excluding hydrogens is 278 g/mol. The lowest BCUT2D eigenvalue weighted by molar-refractivity contribution is 1.08. The Bertz CT molecular complexity index is 784. The first kappa shape index (κ1) is 13.9. The number of aromatic amines is 1. The van der Waals surface area contributed by atoms with E-state index in [4.69, 9.17) is 0 Å². The van der Waals surface area contributed by atoms with Gasteiger partial charge in [-0.2, -0.15) is 0 Å². The lowest BCUT2D eigenvalue weighted by Crippen LogP contribution is -2.05. The lowest BCUT2D eigenvalue weighted by atomic mass is 10.0. The molecule has 0 atom stereocenters. The molecule has 0 spiro atoms. The van der Waals surface area contributed by atoms with Gasteiger partial charge >= 0.3 is 0 Å². The van der Waals surface area contributed by atoms with E-state index in [1.165, 1.54) is 11.1 Å². The standard InChI is InChI=1S/C17H17N3S/c1-11-8-9-18-16(13(3)12(11)2)10-21-17-19-14-6-4-5-7-15(14)20-17/h4-7,9H,10H2,1-3H3,(H,19,20). The van der Waals surface area contributed by atoms with E-state index in [1.54, 1.807) is 18.0 Å². The van der Waals surface area contributed by atoms with Gasteiger partial charge < -0.3 is 4.98 Å². The first-order valence-corrected chi connectivity index (χ1v) is 7.88. The van der Waals surface area contributed by atoms with Gasteiger partial charge in [-0.05, 0) is 49.6 Å². The van der Waals surface area contributed by atoms with Crippen molar-refractivity contribution in [1.29, 1.82) is 0 Å². The number of benzene rings is 1. The van der Waals surface area contributed by atoms with Crippen molar-refractivity contribution in [2.45, 2.75) is 25.9 Å². The van der Waals surface area contributed by atoms with Gasteiger partial charge in [-0.3, -0.25) is 4.99 Å². The van der Waals surface area contributed by atoms with E-state index in [9.17, 15) is 0 Å². The molecule has 106 valence electrons. The van der Waals surface area contributed by atoms with Crippen LogP contribution in [0.4, 0.5) is 0 Å². The van der Waals surface area contributed by atoms with Crippen molar-refractivity contribution in [3.8, 4) is 0 Å². The van der Waals surface area contributed by atoms with Gasteiger partial charge in [-0.1, -0.05) is 29.6 Å². The maximum atomic E-state index is 4.58. The minimum atomic E-state index is 0.800. The molecule has 4 heteroatoms. The fourth-order valence-electron chi connectivity index (χ4n) is 2.19. The zero-order chi connectivity index (χ0) is 14.8. The summed E-state index contributed by atoms with van der Waals surface area (Å²) in [5, 5.41) is 0.933. The SMILES string of the molecule is CC1=C=CN=C(CSc2nc3ccccc3[nH]2)C(C)=C1C. The molecule has 3 rings (SSSR count). The molecule has 2 heterocycles. The summed E-state index contributed by atoms with van der Waals surface area (Å²) in [6.45, 7) is 6.32. The van der Waals surface area contributed by atoms with Crippen molar-refractivity contribution in [3.63, 3.8) is 0 Å². The fourth-order valence-corrected chi connectivity index (χ4v) is 3.10. The van der Waals surface area contributed by atoms with Crippen molar-refractivity contribution >= 4 is 28.5 Å². The monoisotopic (exact) mass is 295 g/mol. The van der Waals surface area contributed by atoms with E-state index in [-0.39, 0.29) is 0 Å². The molecular formula is C17H17N3S. The van der Waals surface area contributed by atoms with Gasteiger partial charge in [0.05, 0.1) is 22.9 Å². The highest BCUT2D eigenvalue weighted by molar-refractivity contribution is 7.99. The van der Waals surface area contributed by atoms with Crippen LogP contribution < -0.4 is 0 Å². The fraction of sp³-hybridized carbons (Fsp3) is 0.235. The summed E-state index contributed by atoms with van der Waals surface area (Å²) in [6.07, 6.45) is 1.77. The minimum Gasteiger partial charge on any atom is -0.333 e. The van der Waals surface area contributed by atoms with Gasteiger partial charge in [0.25, 0.3) is 0 Å². The number of hydrogen-bond donors (Lipinski definition) is 1. The summed E-state index contributed by atoms with van der Waals surface area (Å²) >= 11 is 1.68. The Labute approximate surface area is 128 Å². The van der Waals surface area contributed by atoms with Gasteiger partial charge in [0.1, 0.15) is 0 Å². The summed E-state index contributed by atoms with van der Waals surface area (Å²) in [5.41, 5.74) is 9.99. The predicted molar refractivity (Wildman–Crippen MR) is 89.9 cm³/mol. The van der Waals surface area contributed by atoms with E-state index in [1.807, 2.05) is 24.3 Å². The average Bonchev–Trinajstić information content (AvgIpc) is 2.86. The molecule has 1 aliphatic heterocycles. The van der Waals surface area contributed by atoms with E-state index in [0.717, 1.165) is 33.2 Å².